The van der Waals surface area contributed by atoms with E-state index in [0.29, 0.717) is 0 Å². The number of carbonyl (C=O) groups is 1. The van der Waals surface area contributed by atoms with Crippen LogP contribution in [-0.2, 0) is 25.0 Å². The number of hydrogen-bond acceptors (Lipinski definition) is 5. The molecule has 0 aliphatic heterocycles. The minimum atomic E-state index is -4.79. The van der Waals surface area contributed by atoms with Crippen LogP contribution in [0, 0.1) is 0 Å². The molecule has 0 radical (unpaired) electrons. The van der Waals surface area contributed by atoms with Crippen LogP contribution in [0.15, 0.2) is 0 Å². The van der Waals surface area contributed by atoms with Crippen molar-refractivity contribution in [2.45, 2.75) is 12.2 Å². The molecule has 0 aliphatic rings. The van der Waals surface area contributed by atoms with E-state index < -0.39 is 37.0 Å². The molecule has 0 saturated carbocycles. The molecule has 0 fully saturated rings. The molecule has 7 nitrogen and oxygen atoms in total. The average molecular weight is 232 g/mol. The van der Waals surface area contributed by atoms with E-state index in [1.54, 1.807) is 0 Å². The van der Waals surface area contributed by atoms with Gasteiger partial charge in [0, 0.05) is 0 Å². The van der Waals surface area contributed by atoms with E-state index in [0.717, 1.165) is 6.92 Å². The van der Waals surface area contributed by atoms with Crippen LogP contribution in [-0.4, -0.2) is 42.7 Å². The Morgan fingerprint density at radius 2 is 1.62 bits per heavy atom. The zero-order valence-electron chi connectivity index (χ0n) is 6.54. The van der Waals surface area contributed by atoms with Crippen molar-refractivity contribution in [1.29, 1.82) is 0 Å². The fourth-order valence-corrected chi connectivity index (χ4v) is 2.84. The van der Waals surface area contributed by atoms with Crippen LogP contribution in [0.3, 0.4) is 0 Å². The fraction of sp³-hybridized carbons (Fsp3) is 0.750. The van der Waals surface area contributed by atoms with Crippen LogP contribution >= 0.6 is 0 Å². The summed E-state index contributed by atoms with van der Waals surface area (Å²) in [5.41, 5.74) is 0. The van der Waals surface area contributed by atoms with Crippen molar-refractivity contribution in [2.75, 3.05) is 5.75 Å². The number of ketones is 1. The highest BCUT2D eigenvalue weighted by Gasteiger charge is 2.32. The lowest BCUT2D eigenvalue weighted by Gasteiger charge is -2.07. The first-order valence-corrected chi connectivity index (χ1v) is 6.07. The van der Waals surface area contributed by atoms with Crippen molar-refractivity contribution in [2.24, 2.45) is 0 Å². The van der Waals surface area contributed by atoms with Crippen LogP contribution in [0.1, 0.15) is 6.92 Å². The van der Waals surface area contributed by atoms with Gasteiger partial charge in [0.1, 0.15) is 5.75 Å². The number of rotatable bonds is 4. The highest BCUT2D eigenvalue weighted by Crippen LogP contribution is 2.03. The molecule has 0 saturated heterocycles. The third-order valence-corrected chi connectivity index (χ3v) is 3.36. The van der Waals surface area contributed by atoms with E-state index >= 15 is 0 Å². The third-order valence-electron chi connectivity index (χ3n) is 1.17. The van der Waals surface area contributed by atoms with Crippen LogP contribution < -0.4 is 0 Å². The monoisotopic (exact) mass is 232 g/mol. The molecule has 9 heteroatoms. The highest BCUT2D eigenvalue weighted by atomic mass is 32.2. The fourth-order valence-electron chi connectivity index (χ4n) is 0.604. The van der Waals surface area contributed by atoms with Gasteiger partial charge in [-0.05, 0) is 6.92 Å². The molecule has 0 aromatic carbocycles. The summed E-state index contributed by atoms with van der Waals surface area (Å²) in [4.78, 5) is 10.6. The van der Waals surface area contributed by atoms with Crippen molar-refractivity contribution in [3.05, 3.63) is 0 Å². The van der Waals surface area contributed by atoms with Gasteiger partial charge in [0.2, 0.25) is 0 Å². The van der Waals surface area contributed by atoms with E-state index in [9.17, 15) is 21.6 Å². The molecule has 1 atom stereocenters. The van der Waals surface area contributed by atoms with E-state index in [4.69, 9.17) is 9.11 Å². The zero-order chi connectivity index (χ0) is 10.9. The highest BCUT2D eigenvalue weighted by molar-refractivity contribution is 7.90. The van der Waals surface area contributed by atoms with Gasteiger partial charge in [0.05, 0.1) is 0 Å². The molecule has 2 N–H and O–H groups in total. The molecule has 78 valence electrons. The Kier molecular flexibility index (Phi) is 3.55. The molecule has 0 aromatic rings. The van der Waals surface area contributed by atoms with Gasteiger partial charge in [-0.15, -0.1) is 0 Å². The van der Waals surface area contributed by atoms with Gasteiger partial charge in [-0.3, -0.25) is 13.9 Å². The summed E-state index contributed by atoms with van der Waals surface area (Å²) in [5.74, 6) is -2.39. The minimum absolute atomic E-state index is 0.795. The van der Waals surface area contributed by atoms with Crippen molar-refractivity contribution >= 4 is 26.0 Å². The molecule has 0 aliphatic carbocycles. The average Bonchev–Trinajstić information content (AvgIpc) is 1.77. The lowest BCUT2D eigenvalue weighted by molar-refractivity contribution is -0.116. The number of Topliss-reactive ketones (excluding diaryl/α,β-unsaturated/α-hetero) is 1. The van der Waals surface area contributed by atoms with E-state index in [1.807, 2.05) is 0 Å². The van der Waals surface area contributed by atoms with Crippen molar-refractivity contribution in [3.63, 3.8) is 0 Å². The lowest BCUT2D eigenvalue weighted by Crippen LogP contribution is -2.34. The molecule has 0 bridgehead atoms. The van der Waals surface area contributed by atoms with E-state index in [1.165, 1.54) is 0 Å². The van der Waals surface area contributed by atoms with Crippen LogP contribution in [0.25, 0.3) is 0 Å². The Bertz CT molecular complexity index is 388. The largest absolute Gasteiger partial charge is 0.298 e. The maximum Gasteiger partial charge on any atom is 0.276 e. The second-order valence-corrected chi connectivity index (χ2v) is 5.46. The normalized spacial score (nSPS) is 15.3. The summed E-state index contributed by atoms with van der Waals surface area (Å²) in [6, 6.07) is 0. The predicted molar refractivity (Wildman–Crippen MR) is 42.4 cm³/mol. The zero-order valence-corrected chi connectivity index (χ0v) is 8.17. The molecule has 1 unspecified atom stereocenters. The predicted octanol–water partition coefficient (Wildman–Crippen LogP) is -1.28. The Morgan fingerprint density at radius 1 is 1.23 bits per heavy atom. The number of hydrogen-bond donors (Lipinski definition) is 2. The Labute approximate surface area is 75.3 Å². The van der Waals surface area contributed by atoms with E-state index in [2.05, 4.69) is 0 Å². The van der Waals surface area contributed by atoms with Gasteiger partial charge in [0.25, 0.3) is 20.2 Å². The summed E-state index contributed by atoms with van der Waals surface area (Å²) in [6.45, 7) is 0.795. The molecule has 0 heterocycles. The first-order valence-electron chi connectivity index (χ1n) is 2.96. The third kappa shape index (κ3) is 4.93. The number of carbonyl (C=O) groups excluding carboxylic acids is 1. The van der Waals surface area contributed by atoms with Gasteiger partial charge in [-0.2, -0.15) is 16.8 Å². The SMILES string of the molecule is CC(=O)C(CS(=O)(=O)O)S(=O)(=O)O. The van der Waals surface area contributed by atoms with Crippen molar-refractivity contribution in [1.82, 2.24) is 0 Å². The van der Waals surface area contributed by atoms with Crippen LogP contribution in [0.4, 0.5) is 0 Å². The molecule has 0 rings (SSSR count). The summed E-state index contributed by atoms with van der Waals surface area (Å²) < 4.78 is 57.9. The molecule has 0 amide bonds. The first-order chi connectivity index (χ1) is 5.54. The molecule has 0 aromatic heterocycles. The van der Waals surface area contributed by atoms with Crippen molar-refractivity contribution < 1.29 is 30.7 Å². The summed E-state index contributed by atoms with van der Waals surface area (Å²) in [7, 11) is -9.40. The van der Waals surface area contributed by atoms with Gasteiger partial charge < -0.3 is 0 Å². The molecular formula is C4H8O7S2. The van der Waals surface area contributed by atoms with Gasteiger partial charge in [-0.25, -0.2) is 0 Å². The summed E-state index contributed by atoms with van der Waals surface area (Å²) in [6.07, 6.45) is 0. The Morgan fingerprint density at radius 3 is 1.69 bits per heavy atom. The minimum Gasteiger partial charge on any atom is -0.298 e. The van der Waals surface area contributed by atoms with Gasteiger partial charge in [0.15, 0.2) is 11.0 Å². The van der Waals surface area contributed by atoms with Gasteiger partial charge >= 0.3 is 0 Å². The Balaban J connectivity index is 5.00. The van der Waals surface area contributed by atoms with Crippen molar-refractivity contribution in [3.8, 4) is 0 Å². The maximum absolute atomic E-state index is 10.6. The smallest absolute Gasteiger partial charge is 0.276 e. The maximum atomic E-state index is 10.6. The first kappa shape index (κ1) is 12.5. The van der Waals surface area contributed by atoms with Crippen LogP contribution in [0.2, 0.25) is 0 Å². The molecule has 13 heavy (non-hydrogen) atoms. The van der Waals surface area contributed by atoms with E-state index in [-0.39, 0.29) is 0 Å². The van der Waals surface area contributed by atoms with Crippen LogP contribution in [0.5, 0.6) is 0 Å². The lowest BCUT2D eigenvalue weighted by atomic mass is 10.3. The summed E-state index contributed by atoms with van der Waals surface area (Å²) >= 11 is 0. The standard InChI is InChI=1S/C4H8O7S2/c1-3(5)4(13(9,10)11)2-12(6,7)8/h4H,2H2,1H3,(H,6,7,8)(H,9,10,11). The summed E-state index contributed by atoms with van der Waals surface area (Å²) in [5, 5.41) is -2.12. The Hall–Kier alpha value is -0.510. The topological polar surface area (TPSA) is 126 Å². The quantitative estimate of drug-likeness (QED) is 0.578. The second-order valence-electron chi connectivity index (χ2n) is 2.36. The van der Waals surface area contributed by atoms with Gasteiger partial charge in [-0.1, -0.05) is 0 Å². The molecule has 0 spiro atoms. The second kappa shape index (κ2) is 3.70. The molecular weight excluding hydrogens is 224 g/mol.